The van der Waals surface area contributed by atoms with Crippen LogP contribution in [0.4, 0.5) is 0 Å². The molecule has 6 heteroatoms. The van der Waals surface area contributed by atoms with Crippen molar-refractivity contribution in [2.75, 3.05) is 0 Å². The SMILES string of the molecule is ClC1=C(Cl)C2(Cl)C3C4CC(C5C=CCC54)C3C1(Cl)C2(Cl)Cl. The number of fused-ring (bicyclic) bond motifs is 12. The van der Waals surface area contributed by atoms with Crippen LogP contribution in [0.3, 0.4) is 0 Å². The van der Waals surface area contributed by atoms with Crippen LogP contribution >= 0.6 is 69.6 Å². The van der Waals surface area contributed by atoms with E-state index < -0.39 is 14.1 Å². The number of allylic oxidation sites excluding steroid dienone is 4. The van der Waals surface area contributed by atoms with E-state index in [9.17, 15) is 0 Å². The summed E-state index contributed by atoms with van der Waals surface area (Å²) in [7, 11) is 0. The van der Waals surface area contributed by atoms with Crippen LogP contribution in [0.5, 0.6) is 0 Å². The first-order valence-corrected chi connectivity index (χ1v) is 9.53. The van der Waals surface area contributed by atoms with Crippen LogP contribution < -0.4 is 0 Å². The molecule has 21 heavy (non-hydrogen) atoms. The van der Waals surface area contributed by atoms with Crippen molar-refractivity contribution in [3.63, 3.8) is 0 Å². The van der Waals surface area contributed by atoms with E-state index in [1.807, 2.05) is 0 Å². The Bertz CT molecular complexity index is 624. The highest BCUT2D eigenvalue weighted by atomic mass is 35.5. The lowest BCUT2D eigenvalue weighted by molar-refractivity contribution is 0.130. The fraction of sp³-hybridized carbons (Fsp3) is 0.733. The molecule has 114 valence electrons. The van der Waals surface area contributed by atoms with Crippen LogP contribution in [0.2, 0.25) is 0 Å². The second-order valence-corrected chi connectivity index (χ2v) is 10.4. The lowest BCUT2D eigenvalue weighted by atomic mass is 9.65. The largest absolute Gasteiger partial charge is 0.166 e. The first-order valence-electron chi connectivity index (χ1n) is 7.26. The average Bonchev–Trinajstić information content (AvgIpc) is 3.14. The highest BCUT2D eigenvalue weighted by Crippen LogP contribution is 2.84. The Morgan fingerprint density at radius 2 is 1.43 bits per heavy atom. The summed E-state index contributed by atoms with van der Waals surface area (Å²) in [5, 5.41) is 0.722. The molecule has 0 radical (unpaired) electrons. The van der Waals surface area contributed by atoms with Crippen molar-refractivity contribution in [3.05, 3.63) is 22.2 Å². The zero-order valence-electron chi connectivity index (χ0n) is 10.8. The predicted octanol–water partition coefficient (Wildman–Crippen LogP) is 5.91. The van der Waals surface area contributed by atoms with Crippen LogP contribution in [-0.4, -0.2) is 14.1 Å². The molecule has 4 bridgehead atoms. The molecule has 0 aliphatic heterocycles. The van der Waals surface area contributed by atoms with E-state index in [1.54, 1.807) is 0 Å². The Hall–Kier alpha value is 1.22. The maximum absolute atomic E-state index is 6.97. The predicted molar refractivity (Wildman–Crippen MR) is 89.7 cm³/mol. The third-order valence-electron chi connectivity index (χ3n) is 6.82. The van der Waals surface area contributed by atoms with Crippen molar-refractivity contribution in [2.45, 2.75) is 26.9 Å². The van der Waals surface area contributed by atoms with Gasteiger partial charge in [-0.05, 0) is 48.3 Å². The van der Waals surface area contributed by atoms with Gasteiger partial charge in [0.15, 0.2) is 4.33 Å². The van der Waals surface area contributed by atoms with E-state index >= 15 is 0 Å². The number of alkyl halides is 4. The molecule has 0 heterocycles. The van der Waals surface area contributed by atoms with Crippen molar-refractivity contribution >= 4 is 69.6 Å². The molecule has 0 aromatic rings. The van der Waals surface area contributed by atoms with Gasteiger partial charge in [0.05, 0.1) is 10.1 Å². The zero-order valence-corrected chi connectivity index (χ0v) is 15.3. The van der Waals surface area contributed by atoms with Gasteiger partial charge in [-0.25, -0.2) is 0 Å². The molecule has 0 amide bonds. The maximum Gasteiger partial charge on any atom is 0.166 e. The highest BCUT2D eigenvalue weighted by Gasteiger charge is 2.87. The molecule has 5 rings (SSSR count). The van der Waals surface area contributed by atoms with Gasteiger partial charge in [-0.2, -0.15) is 0 Å². The average molecular weight is 405 g/mol. The maximum atomic E-state index is 6.97. The summed E-state index contributed by atoms with van der Waals surface area (Å²) in [5.41, 5.74) is 0. The minimum atomic E-state index is -1.36. The van der Waals surface area contributed by atoms with E-state index in [-0.39, 0.29) is 11.8 Å². The number of rotatable bonds is 0. The van der Waals surface area contributed by atoms with Crippen molar-refractivity contribution in [2.24, 2.45) is 35.5 Å². The van der Waals surface area contributed by atoms with Gasteiger partial charge in [0.1, 0.15) is 9.75 Å². The summed E-state index contributed by atoms with van der Waals surface area (Å²) in [6, 6.07) is 0. The lowest BCUT2D eigenvalue weighted by Crippen LogP contribution is -2.46. The van der Waals surface area contributed by atoms with Crippen molar-refractivity contribution in [1.82, 2.24) is 0 Å². The molecule has 5 aliphatic rings. The first kappa shape index (κ1) is 14.6. The van der Waals surface area contributed by atoms with E-state index in [0.29, 0.717) is 33.7 Å². The molecule has 0 saturated heterocycles. The van der Waals surface area contributed by atoms with Crippen LogP contribution in [-0.2, 0) is 0 Å². The normalized spacial score (nSPS) is 61.8. The second kappa shape index (κ2) is 3.89. The second-order valence-electron chi connectivity index (χ2n) is 7.15. The van der Waals surface area contributed by atoms with Gasteiger partial charge >= 0.3 is 0 Å². The summed E-state index contributed by atoms with van der Waals surface area (Å²) < 4.78 is -1.36. The van der Waals surface area contributed by atoms with Crippen LogP contribution in [0.15, 0.2) is 22.2 Å². The van der Waals surface area contributed by atoms with Crippen LogP contribution in [0, 0.1) is 35.5 Å². The minimum Gasteiger partial charge on any atom is -0.109 e. The minimum absolute atomic E-state index is 0.107. The Balaban J connectivity index is 1.76. The molecular formula is C15H12Cl6. The Morgan fingerprint density at radius 3 is 2.05 bits per heavy atom. The van der Waals surface area contributed by atoms with E-state index in [1.165, 1.54) is 0 Å². The van der Waals surface area contributed by atoms with Crippen molar-refractivity contribution in [3.8, 4) is 0 Å². The fourth-order valence-corrected chi connectivity index (χ4v) is 9.38. The fourth-order valence-electron chi connectivity index (χ4n) is 6.25. The molecule has 8 atom stereocenters. The lowest BCUT2D eigenvalue weighted by Gasteiger charge is -2.44. The van der Waals surface area contributed by atoms with Crippen molar-refractivity contribution in [1.29, 1.82) is 0 Å². The molecule has 3 saturated carbocycles. The summed E-state index contributed by atoms with van der Waals surface area (Å²) in [4.78, 5) is -2.10. The summed E-state index contributed by atoms with van der Waals surface area (Å²) in [6.07, 6.45) is 6.87. The standard InChI is InChI=1S/C15H12Cl6/c16-11-12(17)14(19)10-8-4-7(5-2-1-3-6(5)8)9(10)13(11,18)15(14,20)21/h1-2,5-10H,3-4H2. The molecule has 5 aliphatic carbocycles. The summed E-state index contributed by atoms with van der Waals surface area (Å²) in [5.74, 6) is 2.37. The zero-order chi connectivity index (χ0) is 14.9. The van der Waals surface area contributed by atoms with Crippen LogP contribution in [0.25, 0.3) is 0 Å². The third kappa shape index (κ3) is 1.19. The Kier molecular flexibility index (Phi) is 2.70. The Labute approximate surface area is 153 Å². The monoisotopic (exact) mass is 402 g/mol. The molecule has 0 nitrogen and oxygen atoms in total. The van der Waals surface area contributed by atoms with Gasteiger partial charge in [0.2, 0.25) is 0 Å². The van der Waals surface area contributed by atoms with Gasteiger partial charge in [-0.15, -0.1) is 23.2 Å². The summed E-state index contributed by atoms with van der Waals surface area (Å²) in [6.45, 7) is 0. The topological polar surface area (TPSA) is 0 Å². The third-order valence-corrected chi connectivity index (χ3v) is 11.1. The molecule has 8 unspecified atom stereocenters. The molecule has 0 aromatic heterocycles. The van der Waals surface area contributed by atoms with Crippen LogP contribution in [0.1, 0.15) is 12.8 Å². The van der Waals surface area contributed by atoms with Gasteiger partial charge in [0.25, 0.3) is 0 Å². The highest BCUT2D eigenvalue weighted by molar-refractivity contribution is 6.65. The van der Waals surface area contributed by atoms with Gasteiger partial charge in [-0.3, -0.25) is 0 Å². The van der Waals surface area contributed by atoms with Gasteiger partial charge in [-0.1, -0.05) is 58.6 Å². The van der Waals surface area contributed by atoms with E-state index in [0.717, 1.165) is 12.8 Å². The van der Waals surface area contributed by atoms with Gasteiger partial charge in [0, 0.05) is 0 Å². The molecule has 0 aromatic carbocycles. The van der Waals surface area contributed by atoms with Gasteiger partial charge < -0.3 is 0 Å². The van der Waals surface area contributed by atoms with E-state index in [2.05, 4.69) is 12.2 Å². The van der Waals surface area contributed by atoms with E-state index in [4.69, 9.17) is 69.6 Å². The molecular weight excluding hydrogens is 393 g/mol. The molecule has 0 N–H and O–H groups in total. The quantitative estimate of drug-likeness (QED) is 0.267. The Morgan fingerprint density at radius 1 is 0.857 bits per heavy atom. The number of halogens is 6. The smallest absolute Gasteiger partial charge is 0.109 e. The molecule has 3 fully saturated rings. The molecule has 0 spiro atoms. The first-order chi connectivity index (χ1) is 9.78. The van der Waals surface area contributed by atoms with Crippen molar-refractivity contribution < 1.29 is 0 Å². The summed E-state index contributed by atoms with van der Waals surface area (Å²) >= 11 is 40.2. The number of hydrogen-bond acceptors (Lipinski definition) is 0. The number of hydrogen-bond donors (Lipinski definition) is 0.